The number of nitrogens with zero attached hydrogens (tertiary/aromatic N) is 3. The largest absolute Gasteiger partial charge is 0.420 e. The van der Waals surface area contributed by atoms with Crippen molar-refractivity contribution >= 4 is 39.6 Å². The number of ether oxygens (including phenoxy) is 6. The van der Waals surface area contributed by atoms with Gasteiger partial charge in [0.25, 0.3) is 0 Å². The zero-order chi connectivity index (χ0) is 39.4. The molecule has 2 aromatic carbocycles. The highest BCUT2D eigenvalue weighted by Gasteiger charge is 2.23. The van der Waals surface area contributed by atoms with Crippen molar-refractivity contribution < 1.29 is 55.6 Å². The highest BCUT2D eigenvalue weighted by atomic mass is 19.2. The fourth-order valence-electron chi connectivity index (χ4n) is 5.49. The van der Waals surface area contributed by atoms with Crippen molar-refractivity contribution in [3.8, 4) is 5.75 Å². The molecule has 0 fully saturated rings. The van der Waals surface area contributed by atoms with Crippen LogP contribution in [0.4, 0.5) is 23.4 Å². The van der Waals surface area contributed by atoms with E-state index in [0.29, 0.717) is 45.4 Å². The summed E-state index contributed by atoms with van der Waals surface area (Å²) in [7, 11) is 0. The van der Waals surface area contributed by atoms with Gasteiger partial charge in [0.1, 0.15) is 11.3 Å². The molecular formula is C38H49F4N5O8. The van der Waals surface area contributed by atoms with E-state index in [4.69, 9.17) is 34.4 Å². The van der Waals surface area contributed by atoms with Crippen LogP contribution >= 0.6 is 0 Å². The lowest BCUT2D eigenvalue weighted by Crippen LogP contribution is -2.26. The van der Waals surface area contributed by atoms with Crippen molar-refractivity contribution in [1.82, 2.24) is 19.9 Å². The molecule has 0 spiro atoms. The van der Waals surface area contributed by atoms with Gasteiger partial charge in [0.2, 0.25) is 23.3 Å². The average molecular weight is 780 g/mol. The summed E-state index contributed by atoms with van der Waals surface area (Å²) in [6.07, 6.45) is 4.51. The second-order valence-electron chi connectivity index (χ2n) is 12.4. The number of hydrogen-bond acceptors (Lipinski definition) is 11. The lowest BCUT2D eigenvalue weighted by Gasteiger charge is -2.11. The maximum absolute atomic E-state index is 13.6. The zero-order valence-corrected chi connectivity index (χ0v) is 31.0. The number of hydrogen-bond donors (Lipinski definition) is 2. The van der Waals surface area contributed by atoms with Crippen molar-refractivity contribution in [2.75, 3.05) is 78.3 Å². The number of esters is 1. The van der Waals surface area contributed by atoms with Crippen LogP contribution in [0.15, 0.2) is 30.3 Å². The van der Waals surface area contributed by atoms with Crippen LogP contribution in [0.5, 0.6) is 5.75 Å². The maximum atomic E-state index is 13.6. The summed E-state index contributed by atoms with van der Waals surface area (Å²) in [5.74, 6) is -8.12. The van der Waals surface area contributed by atoms with E-state index in [0.717, 1.165) is 66.4 Å². The van der Waals surface area contributed by atoms with Crippen LogP contribution in [0.3, 0.4) is 0 Å². The van der Waals surface area contributed by atoms with E-state index in [1.54, 1.807) is 0 Å². The minimum Gasteiger partial charge on any atom is -0.420 e. The van der Waals surface area contributed by atoms with Crippen molar-refractivity contribution in [2.24, 2.45) is 0 Å². The van der Waals surface area contributed by atoms with Crippen LogP contribution in [0.1, 0.15) is 51.3 Å². The van der Waals surface area contributed by atoms with Gasteiger partial charge in [-0.1, -0.05) is 31.5 Å². The van der Waals surface area contributed by atoms with E-state index in [1.807, 2.05) is 18.2 Å². The number of halogens is 4. The first kappa shape index (κ1) is 43.3. The number of carbonyl (C=O) groups is 2. The Morgan fingerprint density at radius 3 is 1.96 bits per heavy atom. The predicted molar refractivity (Wildman–Crippen MR) is 196 cm³/mol. The molecule has 2 heterocycles. The third-order valence-electron chi connectivity index (χ3n) is 8.27. The van der Waals surface area contributed by atoms with Gasteiger partial charge in [-0.05, 0) is 25.3 Å². The second-order valence-corrected chi connectivity index (χ2v) is 12.4. The smallest absolute Gasteiger partial charge is 0.313 e. The lowest BCUT2D eigenvalue weighted by atomic mass is 10.2. The summed E-state index contributed by atoms with van der Waals surface area (Å²) in [4.78, 5) is 33.4. The topological polar surface area (TPSA) is 158 Å². The molecule has 0 radical (unpaired) electrons. The summed E-state index contributed by atoms with van der Waals surface area (Å²) in [6.45, 7) is 5.94. The Bertz CT molecular complexity index is 1800. The van der Waals surface area contributed by atoms with Gasteiger partial charge in [-0.15, -0.1) is 0 Å². The molecule has 13 nitrogen and oxygen atoms in total. The number of nitrogens with two attached hydrogens (primary N) is 1. The van der Waals surface area contributed by atoms with Crippen LogP contribution in [-0.2, 0) is 46.2 Å². The number of imidazole rings is 1. The number of unbranched alkanes of at least 4 members (excludes halogenated alkanes) is 2. The van der Waals surface area contributed by atoms with Crippen molar-refractivity contribution in [2.45, 2.75) is 58.4 Å². The van der Waals surface area contributed by atoms with Crippen molar-refractivity contribution in [3.63, 3.8) is 0 Å². The van der Waals surface area contributed by atoms with Crippen LogP contribution < -0.4 is 15.8 Å². The standard InChI is InChI=1S/C38H49F4N5O8/c1-2-3-10-30-46-35-36(26-8-4-5-9-29(26)45-38(35)43)47(30)14-7-6-13-44-31(48)11-15-50-17-19-52-21-23-54-24-22-53-20-18-51-16-12-32(49)55-37-33(41)27(39)25-28(40)34(37)42/h4-5,8-9,25H,2-3,6-7,10-24H2,1H3,(H2,43,45)(H,44,48). The summed E-state index contributed by atoms with van der Waals surface area (Å²) >= 11 is 0. The number of amides is 1. The first-order chi connectivity index (χ1) is 26.7. The number of benzene rings is 2. The molecule has 0 aliphatic heterocycles. The number of para-hydroxylation sites is 1. The van der Waals surface area contributed by atoms with Gasteiger partial charge in [-0.25, -0.2) is 18.7 Å². The molecule has 4 rings (SSSR count). The minimum absolute atomic E-state index is 0.0170. The van der Waals surface area contributed by atoms with Gasteiger partial charge in [-0.3, -0.25) is 9.59 Å². The Morgan fingerprint density at radius 1 is 0.764 bits per heavy atom. The van der Waals surface area contributed by atoms with Gasteiger partial charge in [0, 0.05) is 37.4 Å². The Morgan fingerprint density at radius 2 is 1.35 bits per heavy atom. The number of nitrogens with one attached hydrogen (secondary N) is 1. The Kier molecular flexibility index (Phi) is 18.5. The van der Waals surface area contributed by atoms with Gasteiger partial charge in [0.15, 0.2) is 17.5 Å². The molecule has 0 saturated heterocycles. The van der Waals surface area contributed by atoms with Crippen molar-refractivity contribution in [1.29, 1.82) is 0 Å². The Balaban J connectivity index is 0.941. The summed E-state index contributed by atoms with van der Waals surface area (Å²) in [6, 6.07) is 7.98. The highest BCUT2D eigenvalue weighted by Crippen LogP contribution is 2.30. The monoisotopic (exact) mass is 779 g/mol. The molecule has 0 aliphatic rings. The predicted octanol–water partition coefficient (Wildman–Crippen LogP) is 5.43. The van der Waals surface area contributed by atoms with Gasteiger partial charge >= 0.3 is 5.97 Å². The van der Waals surface area contributed by atoms with E-state index < -0.39 is 41.4 Å². The molecule has 0 bridgehead atoms. The zero-order valence-electron chi connectivity index (χ0n) is 31.0. The van der Waals surface area contributed by atoms with Crippen molar-refractivity contribution in [3.05, 3.63) is 59.4 Å². The molecule has 2 aromatic heterocycles. The Labute approximate surface area is 316 Å². The molecule has 55 heavy (non-hydrogen) atoms. The second kappa shape index (κ2) is 23.5. The van der Waals surface area contributed by atoms with Gasteiger partial charge in [0.05, 0.1) is 83.5 Å². The number of rotatable bonds is 27. The first-order valence-corrected chi connectivity index (χ1v) is 18.4. The number of nitrogen functional groups attached to an aromatic ring is 1. The lowest BCUT2D eigenvalue weighted by molar-refractivity contribution is -0.136. The molecule has 302 valence electrons. The van der Waals surface area contributed by atoms with Crippen LogP contribution in [0.25, 0.3) is 21.9 Å². The number of fused-ring (bicyclic) bond motifs is 3. The molecule has 1 amide bonds. The van der Waals surface area contributed by atoms with Gasteiger partial charge < -0.3 is 44.0 Å². The van der Waals surface area contributed by atoms with E-state index in [-0.39, 0.29) is 51.4 Å². The average Bonchev–Trinajstić information content (AvgIpc) is 3.54. The number of pyridine rings is 1. The molecule has 4 aromatic rings. The fourth-order valence-corrected chi connectivity index (χ4v) is 5.49. The maximum Gasteiger partial charge on any atom is 0.313 e. The molecule has 0 aliphatic carbocycles. The third kappa shape index (κ3) is 13.7. The first-order valence-electron chi connectivity index (χ1n) is 18.4. The normalized spacial score (nSPS) is 11.5. The van der Waals surface area contributed by atoms with Crippen LogP contribution in [-0.4, -0.2) is 99.0 Å². The molecular weight excluding hydrogens is 730 g/mol. The van der Waals surface area contributed by atoms with E-state index in [1.165, 1.54) is 0 Å². The van der Waals surface area contributed by atoms with E-state index in [2.05, 4.69) is 32.6 Å². The van der Waals surface area contributed by atoms with Gasteiger partial charge in [-0.2, -0.15) is 8.78 Å². The summed E-state index contributed by atoms with van der Waals surface area (Å²) in [5.41, 5.74) is 8.91. The number of carbonyl (C=O) groups excluding carboxylic acids is 2. The van der Waals surface area contributed by atoms with Crippen LogP contribution in [0.2, 0.25) is 0 Å². The van der Waals surface area contributed by atoms with Crippen LogP contribution in [0, 0.1) is 23.3 Å². The molecule has 0 atom stereocenters. The number of anilines is 1. The fraction of sp³-hybridized carbons (Fsp3) is 0.526. The Hall–Kier alpha value is -4.42. The number of aryl methyl sites for hydroxylation is 2. The highest BCUT2D eigenvalue weighted by molar-refractivity contribution is 6.06. The number of aromatic nitrogens is 3. The molecule has 3 N–H and O–H groups in total. The summed E-state index contributed by atoms with van der Waals surface area (Å²) in [5, 5.41) is 4.00. The molecule has 17 heteroatoms. The molecule has 0 unspecified atom stereocenters. The molecule has 0 saturated carbocycles. The minimum atomic E-state index is -1.80. The quantitative estimate of drug-likeness (QED) is 0.0262. The van der Waals surface area contributed by atoms with E-state index >= 15 is 0 Å². The summed E-state index contributed by atoms with van der Waals surface area (Å²) < 4.78 is 87.1. The SMILES string of the molecule is CCCCc1nc2c(N)nc3ccccc3c2n1CCCCNC(=O)CCOCCOCCOCCOCCOCCC(=O)Oc1c(F)c(F)cc(F)c1F. The van der Waals surface area contributed by atoms with E-state index in [9.17, 15) is 27.2 Å². The third-order valence-corrected chi connectivity index (χ3v) is 8.27.